The van der Waals surface area contributed by atoms with Crippen LogP contribution in [0.5, 0.6) is 23.0 Å². The van der Waals surface area contributed by atoms with Crippen LogP contribution < -0.4 is 20.9 Å². The van der Waals surface area contributed by atoms with E-state index in [9.17, 15) is 8.78 Å². The normalized spacial score (nSPS) is 21.9. The average Bonchev–Trinajstić information content (AvgIpc) is 3.76. The van der Waals surface area contributed by atoms with Gasteiger partial charge >= 0.3 is 0 Å². The fourth-order valence-corrected chi connectivity index (χ4v) is 8.05. The minimum Gasteiger partial charge on any atom is -0.462 e. The lowest BCUT2D eigenvalue weighted by Crippen LogP contribution is -2.31. The maximum atomic E-state index is 14.5. The van der Waals surface area contributed by atoms with Gasteiger partial charge in [0.15, 0.2) is 22.6 Å². The summed E-state index contributed by atoms with van der Waals surface area (Å²) in [5.41, 5.74) is 14.0. The van der Waals surface area contributed by atoms with Crippen LogP contribution in [0.4, 0.5) is 8.78 Å². The third kappa shape index (κ3) is 5.69. The van der Waals surface area contributed by atoms with Gasteiger partial charge in [0.05, 0.1) is 18.0 Å². The molecule has 0 bridgehead atoms. The highest BCUT2D eigenvalue weighted by Gasteiger charge is 2.49. The van der Waals surface area contributed by atoms with E-state index < -0.39 is 22.8 Å². The Kier molecular flexibility index (Phi) is 8.39. The molecule has 2 spiro atoms. The van der Waals surface area contributed by atoms with Crippen LogP contribution in [0.25, 0.3) is 11.1 Å². The molecule has 4 N–H and O–H groups in total. The van der Waals surface area contributed by atoms with Crippen molar-refractivity contribution in [3.63, 3.8) is 0 Å². The first-order valence-corrected chi connectivity index (χ1v) is 18.1. The molecule has 274 valence electrons. The zero-order valence-electron chi connectivity index (χ0n) is 28.2. The van der Waals surface area contributed by atoms with Gasteiger partial charge in [0.2, 0.25) is 5.95 Å². The van der Waals surface area contributed by atoms with Crippen molar-refractivity contribution in [2.24, 2.45) is 21.5 Å². The van der Waals surface area contributed by atoms with E-state index in [0.717, 1.165) is 52.0 Å². The highest BCUT2D eigenvalue weighted by molar-refractivity contribution is 9.10. The van der Waals surface area contributed by atoms with E-state index in [0.29, 0.717) is 59.1 Å². The number of hydrogen-bond donors (Lipinski definition) is 2. The third-order valence-electron chi connectivity index (χ3n) is 10.1. The molecule has 1 fully saturated rings. The molecule has 5 aliphatic heterocycles. The smallest absolute Gasteiger partial charge is 0.283 e. The first-order valence-electron chi connectivity index (χ1n) is 16.9. The Bertz CT molecular complexity index is 2340. The first kappa shape index (κ1) is 34.4. The SMILES string of the molecule is NC1=N[C@@]2(CO1)c1cc(-c3c(F)ccnc3F)ccc1Oc1cnc(C3CCOCC3)cc12.NC1=N[C@@]2(CO1)c1cc(Br)ccc1Oc1cnc(Cl)cc12. The molecule has 5 aromatic rings. The second-order valence-electron chi connectivity index (χ2n) is 13.2. The van der Waals surface area contributed by atoms with E-state index in [1.807, 2.05) is 24.3 Å². The summed E-state index contributed by atoms with van der Waals surface area (Å²) >= 11 is 9.51. The van der Waals surface area contributed by atoms with Gasteiger partial charge in [-0.15, -0.1) is 0 Å². The molecule has 1 saturated heterocycles. The second kappa shape index (κ2) is 13.2. The molecule has 0 radical (unpaired) electrons. The van der Waals surface area contributed by atoms with Crippen LogP contribution in [0, 0.1) is 11.8 Å². The van der Waals surface area contributed by atoms with E-state index in [4.69, 9.17) is 46.8 Å². The lowest BCUT2D eigenvalue weighted by Gasteiger charge is -2.34. The summed E-state index contributed by atoms with van der Waals surface area (Å²) in [4.78, 5) is 21.5. The maximum Gasteiger partial charge on any atom is 0.283 e. The minimum atomic E-state index is -1.01. The van der Waals surface area contributed by atoms with Gasteiger partial charge < -0.3 is 35.2 Å². The number of nitrogens with zero attached hydrogens (tertiary/aromatic N) is 5. The van der Waals surface area contributed by atoms with Crippen molar-refractivity contribution >= 4 is 39.6 Å². The Labute approximate surface area is 320 Å². The molecule has 10 rings (SSSR count). The molecule has 0 unspecified atom stereocenters. The van der Waals surface area contributed by atoms with Gasteiger partial charge in [-0.1, -0.05) is 33.6 Å². The number of aliphatic imine (C=N–C) groups is 2. The Morgan fingerprint density at radius 1 is 0.722 bits per heavy atom. The van der Waals surface area contributed by atoms with Crippen LogP contribution in [-0.4, -0.2) is 53.4 Å². The summed E-state index contributed by atoms with van der Waals surface area (Å²) in [6.45, 7) is 1.82. The highest BCUT2D eigenvalue weighted by Crippen LogP contribution is 2.53. The van der Waals surface area contributed by atoms with E-state index in [-0.39, 0.29) is 30.1 Å². The van der Waals surface area contributed by atoms with Gasteiger partial charge in [0.1, 0.15) is 35.7 Å². The summed E-state index contributed by atoms with van der Waals surface area (Å²) in [7, 11) is 0. The van der Waals surface area contributed by atoms with E-state index in [1.54, 1.807) is 36.7 Å². The number of nitrogens with two attached hydrogens (primary N) is 2. The van der Waals surface area contributed by atoms with E-state index in [2.05, 4.69) is 40.9 Å². The molecule has 0 aliphatic carbocycles. The molecule has 0 amide bonds. The van der Waals surface area contributed by atoms with Crippen molar-refractivity contribution in [3.8, 4) is 34.1 Å². The second-order valence-corrected chi connectivity index (χ2v) is 14.5. The van der Waals surface area contributed by atoms with Crippen molar-refractivity contribution in [1.29, 1.82) is 0 Å². The van der Waals surface area contributed by atoms with Crippen LogP contribution in [0.2, 0.25) is 5.15 Å². The molecule has 2 aromatic carbocycles. The first-order chi connectivity index (χ1) is 26.1. The van der Waals surface area contributed by atoms with Crippen molar-refractivity contribution < 1.29 is 32.5 Å². The number of ether oxygens (including phenoxy) is 5. The van der Waals surface area contributed by atoms with Crippen molar-refractivity contribution in [2.75, 3.05) is 26.4 Å². The number of benzene rings is 2. The predicted molar refractivity (Wildman–Crippen MR) is 197 cm³/mol. The largest absolute Gasteiger partial charge is 0.462 e. The lowest BCUT2D eigenvalue weighted by atomic mass is 9.79. The van der Waals surface area contributed by atoms with Crippen molar-refractivity contribution in [1.82, 2.24) is 15.0 Å². The minimum absolute atomic E-state index is 0.0439. The van der Waals surface area contributed by atoms with E-state index in [1.165, 1.54) is 0 Å². The van der Waals surface area contributed by atoms with Gasteiger partial charge in [0, 0.05) is 57.7 Å². The Morgan fingerprint density at radius 3 is 1.98 bits per heavy atom. The number of aromatic nitrogens is 3. The molecule has 0 saturated carbocycles. The van der Waals surface area contributed by atoms with Crippen LogP contribution in [0.3, 0.4) is 0 Å². The molecular formula is C38H29BrClF2N7O5. The molecule has 5 aliphatic rings. The number of pyridine rings is 3. The average molecular weight is 817 g/mol. The zero-order chi connectivity index (χ0) is 37.2. The quantitative estimate of drug-likeness (QED) is 0.174. The molecule has 12 nitrogen and oxygen atoms in total. The van der Waals surface area contributed by atoms with Gasteiger partial charge in [-0.05, 0) is 66.9 Å². The fraction of sp³-hybridized carbons (Fsp3) is 0.237. The Hall–Kier alpha value is -5.38. The number of rotatable bonds is 2. The monoisotopic (exact) mass is 815 g/mol. The Balaban J connectivity index is 0.000000157. The fourth-order valence-electron chi connectivity index (χ4n) is 7.53. The maximum absolute atomic E-state index is 14.5. The summed E-state index contributed by atoms with van der Waals surface area (Å²) in [5, 5.41) is 0.371. The predicted octanol–water partition coefficient (Wildman–Crippen LogP) is 7.20. The highest BCUT2D eigenvalue weighted by atomic mass is 79.9. The van der Waals surface area contributed by atoms with Crippen molar-refractivity contribution in [2.45, 2.75) is 29.8 Å². The number of amidine groups is 2. The number of hydrogen-bond acceptors (Lipinski definition) is 12. The van der Waals surface area contributed by atoms with Crippen LogP contribution in [0.1, 0.15) is 46.7 Å². The number of fused-ring (bicyclic) bond motifs is 8. The topological polar surface area (TPSA) is 162 Å². The number of halogens is 4. The standard InChI is InChI=1S/C24H20F2N4O3.C14H9BrClN3O2/c25-17-3-6-28-22(26)21(17)14-1-2-19-15(9-14)24(12-32-23(27)30-24)16-10-18(29-11-20(16)33-19)13-4-7-31-8-5-13;15-7-1-2-10-8(3-7)14(6-20-13(17)19-14)9-4-12(16)18-5-11(9)21-10/h1-3,6,9-11,13H,4-5,7-8,12H2,(H2,27,30);1-5H,6H2,(H2,17,19)/t24-;14-/m00/s1. The van der Waals surface area contributed by atoms with Gasteiger partial charge in [-0.3, -0.25) is 4.98 Å². The molecule has 8 heterocycles. The lowest BCUT2D eigenvalue weighted by molar-refractivity contribution is 0.0844. The van der Waals surface area contributed by atoms with Gasteiger partial charge in [0.25, 0.3) is 12.0 Å². The summed E-state index contributed by atoms with van der Waals surface area (Å²) in [5.74, 6) is 1.03. The van der Waals surface area contributed by atoms with E-state index >= 15 is 0 Å². The van der Waals surface area contributed by atoms with Crippen LogP contribution in [-0.2, 0) is 25.3 Å². The van der Waals surface area contributed by atoms with Gasteiger partial charge in [-0.2, -0.15) is 4.39 Å². The van der Waals surface area contributed by atoms with Crippen LogP contribution in [0.15, 0.2) is 87.6 Å². The summed E-state index contributed by atoms with van der Waals surface area (Å²) in [6, 6.07) is 15.7. The summed E-state index contributed by atoms with van der Waals surface area (Å²) < 4.78 is 58.4. The Morgan fingerprint density at radius 2 is 1.33 bits per heavy atom. The molecule has 3 aromatic heterocycles. The van der Waals surface area contributed by atoms with Crippen LogP contribution >= 0.6 is 27.5 Å². The molecular weight excluding hydrogens is 788 g/mol. The van der Waals surface area contributed by atoms with Crippen molar-refractivity contribution in [3.05, 3.63) is 123 Å². The van der Waals surface area contributed by atoms with Gasteiger partial charge in [-0.25, -0.2) is 24.3 Å². The molecule has 2 atom stereocenters. The summed E-state index contributed by atoms with van der Waals surface area (Å²) in [6.07, 6.45) is 6.13. The third-order valence-corrected chi connectivity index (χ3v) is 10.8. The molecule has 16 heteroatoms. The molecule has 54 heavy (non-hydrogen) atoms. The zero-order valence-corrected chi connectivity index (χ0v) is 30.5.